The van der Waals surface area contributed by atoms with E-state index >= 15 is 0 Å². The molecule has 1 saturated heterocycles. The highest BCUT2D eigenvalue weighted by molar-refractivity contribution is 7.80. The van der Waals surface area contributed by atoms with Gasteiger partial charge in [0, 0.05) is 45.7 Å². The first kappa shape index (κ1) is 14.2. The fourth-order valence-electron chi connectivity index (χ4n) is 3.06. The van der Waals surface area contributed by atoms with Crippen molar-refractivity contribution in [2.24, 2.45) is 17.1 Å². The normalized spacial score (nSPS) is 24.4. The number of hydrogen-bond donors (Lipinski definition) is 1. The monoisotopic (exact) mass is 269 g/mol. The second-order valence-corrected chi connectivity index (χ2v) is 7.14. The molecule has 2 N–H and O–H groups in total. The maximum atomic E-state index is 5.71. The van der Waals surface area contributed by atoms with Gasteiger partial charge in [0.1, 0.15) is 0 Å². The smallest absolute Gasteiger partial charge is 0.0733 e. The molecule has 1 heterocycles. The van der Waals surface area contributed by atoms with E-state index in [0.29, 0.717) is 10.4 Å². The van der Waals surface area contributed by atoms with Crippen molar-refractivity contribution in [3.8, 4) is 0 Å². The lowest BCUT2D eigenvalue weighted by molar-refractivity contribution is 0.106. The predicted octanol–water partition coefficient (Wildman–Crippen LogP) is 1.72. The van der Waals surface area contributed by atoms with Gasteiger partial charge in [-0.15, -0.1) is 0 Å². The molecule has 1 saturated carbocycles. The zero-order chi connectivity index (χ0) is 13.2. The van der Waals surface area contributed by atoms with Crippen molar-refractivity contribution < 1.29 is 0 Å². The van der Waals surface area contributed by atoms with Crippen molar-refractivity contribution in [2.75, 3.05) is 39.3 Å². The second-order valence-electron chi connectivity index (χ2n) is 6.61. The molecular weight excluding hydrogens is 242 g/mol. The summed E-state index contributed by atoms with van der Waals surface area (Å²) >= 11 is 5.07. The van der Waals surface area contributed by atoms with Gasteiger partial charge in [-0.2, -0.15) is 0 Å². The molecule has 2 aliphatic rings. The van der Waals surface area contributed by atoms with Crippen molar-refractivity contribution in [1.82, 2.24) is 9.80 Å². The first-order valence-electron chi connectivity index (χ1n) is 7.22. The molecule has 104 valence electrons. The molecule has 2 fully saturated rings. The molecule has 4 heteroatoms. The zero-order valence-corrected chi connectivity index (χ0v) is 12.6. The largest absolute Gasteiger partial charge is 0.393 e. The van der Waals surface area contributed by atoms with Gasteiger partial charge in [0.05, 0.1) is 4.99 Å². The summed E-state index contributed by atoms with van der Waals surface area (Å²) in [6.45, 7) is 11.9. The highest BCUT2D eigenvalue weighted by atomic mass is 32.1. The first-order chi connectivity index (χ1) is 8.49. The Morgan fingerprint density at radius 2 is 1.72 bits per heavy atom. The van der Waals surface area contributed by atoms with Crippen LogP contribution in [0.1, 0.15) is 33.1 Å². The minimum absolute atomic E-state index is 0.450. The van der Waals surface area contributed by atoms with Crippen LogP contribution >= 0.6 is 12.2 Å². The molecule has 0 radical (unpaired) electrons. The SMILES string of the molecule is CC(C)CN1CCN(CC2(CC(N)=S)CC2)CC1. The summed E-state index contributed by atoms with van der Waals surface area (Å²) in [5.74, 6) is 0.779. The van der Waals surface area contributed by atoms with Crippen LogP contribution in [0.5, 0.6) is 0 Å². The molecule has 0 atom stereocenters. The molecule has 2 rings (SSSR count). The summed E-state index contributed by atoms with van der Waals surface area (Å²) in [7, 11) is 0. The van der Waals surface area contributed by atoms with Crippen molar-refractivity contribution in [1.29, 1.82) is 0 Å². The molecule has 0 unspecified atom stereocenters. The van der Waals surface area contributed by atoms with Crippen LogP contribution in [-0.2, 0) is 0 Å². The van der Waals surface area contributed by atoms with Gasteiger partial charge in [-0.05, 0) is 24.2 Å². The summed E-state index contributed by atoms with van der Waals surface area (Å²) < 4.78 is 0. The van der Waals surface area contributed by atoms with Crippen LogP contribution < -0.4 is 5.73 Å². The maximum absolute atomic E-state index is 5.71. The van der Waals surface area contributed by atoms with E-state index < -0.39 is 0 Å². The number of thiocarbonyl (C=S) groups is 1. The van der Waals surface area contributed by atoms with Crippen LogP contribution in [0.15, 0.2) is 0 Å². The lowest BCUT2D eigenvalue weighted by atomic mass is 10.0. The summed E-state index contributed by atoms with van der Waals surface area (Å²) in [5.41, 5.74) is 6.16. The van der Waals surface area contributed by atoms with Crippen LogP contribution in [0.2, 0.25) is 0 Å². The van der Waals surface area contributed by atoms with Crippen LogP contribution in [0.3, 0.4) is 0 Å². The van der Waals surface area contributed by atoms with Gasteiger partial charge >= 0.3 is 0 Å². The lowest BCUT2D eigenvalue weighted by Crippen LogP contribution is -2.49. The summed E-state index contributed by atoms with van der Waals surface area (Å²) in [6, 6.07) is 0. The average molecular weight is 269 g/mol. The number of hydrogen-bond acceptors (Lipinski definition) is 3. The number of piperazine rings is 1. The fourth-order valence-corrected chi connectivity index (χ4v) is 3.36. The van der Waals surface area contributed by atoms with Crippen molar-refractivity contribution in [3.05, 3.63) is 0 Å². The third-order valence-electron chi connectivity index (χ3n) is 4.15. The number of nitrogens with zero attached hydrogens (tertiary/aromatic N) is 2. The van der Waals surface area contributed by atoms with Crippen molar-refractivity contribution >= 4 is 17.2 Å². The van der Waals surface area contributed by atoms with Crippen molar-refractivity contribution in [3.63, 3.8) is 0 Å². The molecule has 1 aliphatic carbocycles. The maximum Gasteiger partial charge on any atom is 0.0733 e. The fraction of sp³-hybridized carbons (Fsp3) is 0.929. The van der Waals surface area contributed by atoms with Crippen LogP contribution in [-0.4, -0.2) is 54.1 Å². The van der Waals surface area contributed by atoms with E-state index in [0.717, 1.165) is 12.3 Å². The second kappa shape index (κ2) is 5.85. The van der Waals surface area contributed by atoms with Crippen LogP contribution in [0, 0.1) is 11.3 Å². The number of rotatable bonds is 6. The quantitative estimate of drug-likeness (QED) is 0.744. The Bertz CT molecular complexity index is 291. The Morgan fingerprint density at radius 3 is 2.17 bits per heavy atom. The molecule has 0 amide bonds. The van der Waals surface area contributed by atoms with Crippen LogP contribution in [0.25, 0.3) is 0 Å². The molecule has 18 heavy (non-hydrogen) atoms. The Morgan fingerprint density at radius 1 is 1.17 bits per heavy atom. The first-order valence-corrected chi connectivity index (χ1v) is 7.63. The van der Waals surface area contributed by atoms with Gasteiger partial charge in [-0.1, -0.05) is 26.1 Å². The third-order valence-corrected chi connectivity index (χ3v) is 4.30. The summed E-state index contributed by atoms with van der Waals surface area (Å²) in [4.78, 5) is 5.90. The van der Waals surface area contributed by atoms with Crippen molar-refractivity contribution in [2.45, 2.75) is 33.1 Å². The van der Waals surface area contributed by atoms with Gasteiger partial charge in [0.2, 0.25) is 0 Å². The van der Waals surface area contributed by atoms with E-state index in [1.165, 1.54) is 52.1 Å². The Kier molecular flexibility index (Phi) is 4.62. The van der Waals surface area contributed by atoms with Gasteiger partial charge in [0.15, 0.2) is 0 Å². The molecule has 0 aromatic rings. The Balaban J connectivity index is 1.72. The highest BCUT2D eigenvalue weighted by Crippen LogP contribution is 2.49. The molecular formula is C14H27N3S. The van der Waals surface area contributed by atoms with E-state index in [-0.39, 0.29) is 0 Å². The number of nitrogens with two attached hydrogens (primary N) is 1. The zero-order valence-electron chi connectivity index (χ0n) is 11.8. The standard InChI is InChI=1S/C14H27N3S/c1-12(2)10-16-5-7-17(8-6-16)11-14(3-4-14)9-13(15)18/h12H,3-11H2,1-2H3,(H2,15,18). The van der Waals surface area contributed by atoms with E-state index in [9.17, 15) is 0 Å². The summed E-state index contributed by atoms with van der Waals surface area (Å²) in [5, 5.41) is 0. The molecule has 0 aromatic heterocycles. The summed E-state index contributed by atoms with van der Waals surface area (Å²) in [6.07, 6.45) is 3.58. The van der Waals surface area contributed by atoms with Gasteiger partial charge in [-0.3, -0.25) is 0 Å². The minimum Gasteiger partial charge on any atom is -0.393 e. The van der Waals surface area contributed by atoms with Gasteiger partial charge in [-0.25, -0.2) is 0 Å². The van der Waals surface area contributed by atoms with Gasteiger partial charge < -0.3 is 15.5 Å². The molecule has 1 aliphatic heterocycles. The van der Waals surface area contributed by atoms with E-state index in [1.807, 2.05) is 0 Å². The molecule has 0 bridgehead atoms. The third kappa shape index (κ3) is 4.18. The van der Waals surface area contributed by atoms with E-state index in [1.54, 1.807) is 0 Å². The Hall–Kier alpha value is -0.190. The average Bonchev–Trinajstić information content (AvgIpc) is 2.99. The van der Waals surface area contributed by atoms with Gasteiger partial charge in [0.25, 0.3) is 0 Å². The van der Waals surface area contributed by atoms with E-state index in [4.69, 9.17) is 18.0 Å². The van der Waals surface area contributed by atoms with Crippen LogP contribution in [0.4, 0.5) is 0 Å². The predicted molar refractivity (Wildman–Crippen MR) is 80.8 cm³/mol. The highest BCUT2D eigenvalue weighted by Gasteiger charge is 2.44. The van der Waals surface area contributed by atoms with E-state index in [2.05, 4.69) is 23.6 Å². The molecule has 0 aromatic carbocycles. The molecule has 0 spiro atoms. The minimum atomic E-state index is 0.450. The topological polar surface area (TPSA) is 32.5 Å². The lowest BCUT2D eigenvalue weighted by Gasteiger charge is -2.37. The Labute approximate surface area is 117 Å². The molecule has 3 nitrogen and oxygen atoms in total.